The van der Waals surface area contributed by atoms with Gasteiger partial charge in [0, 0.05) is 29.0 Å². The Kier molecular flexibility index (Phi) is 5.45. The Balaban J connectivity index is 2.13. The Hall–Kier alpha value is 0.540. The second kappa shape index (κ2) is 6.63. The van der Waals surface area contributed by atoms with Gasteiger partial charge in [-0.15, -0.1) is 11.3 Å². The first-order valence-corrected chi connectivity index (χ1v) is 8.13. The van der Waals surface area contributed by atoms with E-state index < -0.39 is 0 Å². The lowest BCUT2D eigenvalue weighted by atomic mass is 10.2. The van der Waals surface area contributed by atoms with E-state index in [1.165, 1.54) is 4.88 Å². The quantitative estimate of drug-likeness (QED) is 0.842. The molecule has 0 radical (unpaired) electrons. The molecule has 1 unspecified atom stereocenters. The largest absolute Gasteiger partial charge is 0.394 e. The van der Waals surface area contributed by atoms with Gasteiger partial charge in [-0.2, -0.15) is 0 Å². The molecular formula is C11H16Br2N2OS. The average molecular weight is 384 g/mol. The van der Waals surface area contributed by atoms with E-state index in [0.717, 1.165) is 40.9 Å². The van der Waals surface area contributed by atoms with Crippen molar-refractivity contribution in [1.29, 1.82) is 0 Å². The molecule has 1 atom stereocenters. The minimum absolute atomic E-state index is 0.127. The third kappa shape index (κ3) is 3.52. The molecule has 0 spiro atoms. The van der Waals surface area contributed by atoms with E-state index in [-0.39, 0.29) is 12.6 Å². The van der Waals surface area contributed by atoms with Crippen molar-refractivity contribution < 1.29 is 5.11 Å². The van der Waals surface area contributed by atoms with E-state index >= 15 is 0 Å². The number of nitrogens with one attached hydrogen (secondary N) is 1. The molecule has 2 rings (SSSR count). The second-order valence-corrected chi connectivity index (χ2v) is 7.36. The highest BCUT2D eigenvalue weighted by atomic mass is 79.9. The van der Waals surface area contributed by atoms with Crippen LogP contribution in [0.15, 0.2) is 14.3 Å². The zero-order valence-corrected chi connectivity index (χ0v) is 13.4. The van der Waals surface area contributed by atoms with Gasteiger partial charge in [0.1, 0.15) is 0 Å². The van der Waals surface area contributed by atoms with Crippen LogP contribution in [0.2, 0.25) is 0 Å². The first-order valence-electron chi connectivity index (χ1n) is 5.72. The number of hydrogen-bond acceptors (Lipinski definition) is 4. The normalized spacial score (nSPS) is 20.2. The summed E-state index contributed by atoms with van der Waals surface area (Å²) in [5.41, 5.74) is 0. The Labute approximate surface area is 122 Å². The van der Waals surface area contributed by atoms with Gasteiger partial charge in [-0.3, -0.25) is 4.90 Å². The van der Waals surface area contributed by atoms with Gasteiger partial charge in [0.25, 0.3) is 0 Å². The Bertz CT molecular complexity index is 345. The maximum absolute atomic E-state index is 9.64. The van der Waals surface area contributed by atoms with Crippen LogP contribution in [-0.4, -0.2) is 42.8 Å². The molecule has 17 heavy (non-hydrogen) atoms. The number of halogens is 2. The summed E-state index contributed by atoms with van der Waals surface area (Å²) in [6.45, 7) is 4.31. The first-order chi connectivity index (χ1) is 8.22. The number of thiophene rings is 1. The van der Waals surface area contributed by atoms with Crippen molar-refractivity contribution in [2.24, 2.45) is 0 Å². The first kappa shape index (κ1) is 14.0. The lowest BCUT2D eigenvalue weighted by Gasteiger charge is -2.28. The summed E-state index contributed by atoms with van der Waals surface area (Å²) in [6.07, 6.45) is 1.14. The number of aliphatic hydroxyl groups is 1. The Morgan fingerprint density at radius 2 is 2.24 bits per heavy atom. The molecule has 6 heteroatoms. The monoisotopic (exact) mass is 382 g/mol. The Morgan fingerprint density at radius 3 is 2.88 bits per heavy atom. The number of nitrogens with zero attached hydrogens (tertiary/aromatic N) is 1. The summed E-state index contributed by atoms with van der Waals surface area (Å²) in [6, 6.07) is 2.23. The summed E-state index contributed by atoms with van der Waals surface area (Å²) in [5, 5.41) is 13.0. The summed E-state index contributed by atoms with van der Waals surface area (Å²) < 4.78 is 2.17. The maximum Gasteiger partial charge on any atom is 0.0843 e. The average Bonchev–Trinajstić information content (AvgIpc) is 2.56. The molecule has 1 aliphatic heterocycles. The molecule has 3 nitrogen and oxygen atoms in total. The van der Waals surface area contributed by atoms with Crippen LogP contribution in [0.5, 0.6) is 0 Å². The summed E-state index contributed by atoms with van der Waals surface area (Å²) in [4.78, 5) is 3.58. The van der Waals surface area contributed by atoms with Gasteiger partial charge in [-0.05, 0) is 50.9 Å². The highest BCUT2D eigenvalue weighted by Gasteiger charge is 2.23. The van der Waals surface area contributed by atoms with Crippen LogP contribution >= 0.6 is 43.2 Å². The number of aliphatic hydroxyl groups excluding tert-OH is 1. The van der Waals surface area contributed by atoms with Crippen LogP contribution in [0.1, 0.15) is 17.3 Å². The molecule has 96 valence electrons. The maximum atomic E-state index is 9.64. The number of rotatable bonds is 3. The molecule has 1 saturated heterocycles. The molecule has 0 aromatic carbocycles. The van der Waals surface area contributed by atoms with Crippen molar-refractivity contribution in [3.8, 4) is 0 Å². The molecule has 2 heterocycles. The van der Waals surface area contributed by atoms with Crippen LogP contribution in [0.25, 0.3) is 0 Å². The van der Waals surface area contributed by atoms with E-state index in [0.29, 0.717) is 0 Å². The van der Waals surface area contributed by atoms with Crippen LogP contribution in [0.3, 0.4) is 0 Å². The van der Waals surface area contributed by atoms with Gasteiger partial charge in [-0.25, -0.2) is 0 Å². The third-order valence-electron chi connectivity index (χ3n) is 2.98. The Morgan fingerprint density at radius 1 is 1.41 bits per heavy atom. The highest BCUT2D eigenvalue weighted by molar-refractivity contribution is 9.13. The van der Waals surface area contributed by atoms with Crippen molar-refractivity contribution in [3.05, 3.63) is 19.2 Å². The van der Waals surface area contributed by atoms with Crippen LogP contribution < -0.4 is 5.32 Å². The molecule has 0 amide bonds. The molecule has 0 saturated carbocycles. The summed E-state index contributed by atoms with van der Waals surface area (Å²) in [7, 11) is 0. The molecule has 0 aliphatic carbocycles. The van der Waals surface area contributed by atoms with Crippen molar-refractivity contribution in [3.63, 3.8) is 0 Å². The SMILES string of the molecule is OCC(c1cc(Br)c(Br)s1)N1CCCNCC1. The fourth-order valence-corrected chi connectivity index (χ4v) is 4.31. The van der Waals surface area contributed by atoms with Crippen LogP contribution in [-0.2, 0) is 0 Å². The summed E-state index contributed by atoms with van der Waals surface area (Å²) >= 11 is 8.71. The van der Waals surface area contributed by atoms with Gasteiger partial charge in [-0.1, -0.05) is 0 Å². The lowest BCUT2D eigenvalue weighted by Crippen LogP contribution is -2.33. The van der Waals surface area contributed by atoms with Crippen LogP contribution in [0.4, 0.5) is 0 Å². The molecule has 1 fully saturated rings. The molecule has 1 aromatic heterocycles. The van der Waals surface area contributed by atoms with Crippen molar-refractivity contribution in [2.45, 2.75) is 12.5 Å². The zero-order chi connectivity index (χ0) is 12.3. The van der Waals surface area contributed by atoms with E-state index in [1.807, 2.05) is 0 Å². The van der Waals surface area contributed by atoms with Gasteiger partial charge in [0.15, 0.2) is 0 Å². The minimum Gasteiger partial charge on any atom is -0.394 e. The molecule has 0 bridgehead atoms. The zero-order valence-electron chi connectivity index (χ0n) is 9.46. The van der Waals surface area contributed by atoms with Crippen LogP contribution in [0, 0.1) is 0 Å². The predicted octanol–water partition coefficient (Wildman–Crippen LogP) is 2.60. The summed E-state index contributed by atoms with van der Waals surface area (Å²) in [5.74, 6) is 0. The minimum atomic E-state index is 0.127. The fourth-order valence-electron chi connectivity index (χ4n) is 2.09. The molecule has 1 aromatic rings. The van der Waals surface area contributed by atoms with Gasteiger partial charge >= 0.3 is 0 Å². The molecule has 1 aliphatic rings. The van der Waals surface area contributed by atoms with Crippen molar-refractivity contribution in [2.75, 3.05) is 32.8 Å². The second-order valence-electron chi connectivity index (χ2n) is 4.11. The highest BCUT2D eigenvalue weighted by Crippen LogP contribution is 2.37. The smallest absolute Gasteiger partial charge is 0.0843 e. The van der Waals surface area contributed by atoms with E-state index in [2.05, 4.69) is 48.1 Å². The fraction of sp³-hybridized carbons (Fsp3) is 0.636. The molecular weight excluding hydrogens is 368 g/mol. The van der Waals surface area contributed by atoms with Gasteiger partial charge in [0.05, 0.1) is 16.4 Å². The lowest BCUT2D eigenvalue weighted by molar-refractivity contribution is 0.132. The third-order valence-corrected chi connectivity index (χ3v) is 6.34. The van der Waals surface area contributed by atoms with Gasteiger partial charge in [0.2, 0.25) is 0 Å². The van der Waals surface area contributed by atoms with Crippen molar-refractivity contribution in [1.82, 2.24) is 10.2 Å². The van der Waals surface area contributed by atoms with Gasteiger partial charge < -0.3 is 10.4 Å². The standard InChI is InChI=1S/C11H16Br2N2OS/c12-8-6-10(17-11(8)13)9(7-16)15-4-1-2-14-3-5-15/h6,9,14,16H,1-5,7H2. The number of hydrogen-bond donors (Lipinski definition) is 2. The predicted molar refractivity (Wildman–Crippen MR) is 78.6 cm³/mol. The topological polar surface area (TPSA) is 35.5 Å². The van der Waals surface area contributed by atoms with E-state index in [9.17, 15) is 5.11 Å². The van der Waals surface area contributed by atoms with Crippen molar-refractivity contribution >= 4 is 43.2 Å². The van der Waals surface area contributed by atoms with E-state index in [1.54, 1.807) is 11.3 Å². The van der Waals surface area contributed by atoms with E-state index in [4.69, 9.17) is 0 Å². The molecule has 2 N–H and O–H groups in total.